The highest BCUT2D eigenvalue weighted by Gasteiger charge is 2.20. The molecule has 15 heavy (non-hydrogen) atoms. The number of rotatable bonds is 3. The van der Waals surface area contributed by atoms with E-state index in [-0.39, 0.29) is 0 Å². The van der Waals surface area contributed by atoms with Crippen LogP contribution in [-0.2, 0) is 6.54 Å². The largest absolute Gasteiger partial charge is 0.326 e. The maximum atomic E-state index is 6.07. The maximum absolute atomic E-state index is 6.07. The summed E-state index contributed by atoms with van der Waals surface area (Å²) in [7, 11) is 0. The first-order chi connectivity index (χ1) is 7.36. The lowest BCUT2D eigenvalue weighted by Gasteiger charge is -2.29. The Morgan fingerprint density at radius 1 is 1.40 bits per heavy atom. The third-order valence-corrected chi connectivity index (χ3v) is 3.11. The summed E-state index contributed by atoms with van der Waals surface area (Å²) in [5.41, 5.74) is 7.30. The lowest BCUT2D eigenvalue weighted by Crippen LogP contribution is -2.46. The van der Waals surface area contributed by atoms with E-state index in [0.717, 1.165) is 13.0 Å². The molecule has 1 aliphatic rings. The summed E-state index contributed by atoms with van der Waals surface area (Å²) in [5, 5.41) is 3.52. The molecule has 0 aromatic carbocycles. The summed E-state index contributed by atoms with van der Waals surface area (Å²) in [6.07, 6.45) is 8.66. The average Bonchev–Trinajstić information content (AvgIpc) is 2.29. The summed E-state index contributed by atoms with van der Waals surface area (Å²) in [6, 6.07) is 4.88. The Labute approximate surface area is 91.1 Å². The maximum Gasteiger partial charge on any atom is 0.0312 e. The fraction of sp³-hybridized carbons (Fsp3) is 0.583. The van der Waals surface area contributed by atoms with Gasteiger partial charge < -0.3 is 11.1 Å². The standard InChI is InChI=1S/C12H19N3/c13-11-5-1-2-6-12(11)15-9-10-4-3-7-14-8-10/h3-4,7-8,11-12,15H,1-2,5-6,9,13H2/t11-,12+/m0/s1. The van der Waals surface area contributed by atoms with Gasteiger partial charge in [-0.1, -0.05) is 18.9 Å². The Balaban J connectivity index is 1.82. The van der Waals surface area contributed by atoms with E-state index in [9.17, 15) is 0 Å². The van der Waals surface area contributed by atoms with E-state index in [4.69, 9.17) is 5.73 Å². The molecule has 2 atom stereocenters. The SMILES string of the molecule is N[C@H]1CCCC[C@H]1NCc1cccnc1. The normalized spacial score (nSPS) is 26.5. The molecule has 3 N–H and O–H groups in total. The van der Waals surface area contributed by atoms with Gasteiger partial charge in [0.2, 0.25) is 0 Å². The minimum absolute atomic E-state index is 0.329. The van der Waals surface area contributed by atoms with Gasteiger partial charge >= 0.3 is 0 Å². The van der Waals surface area contributed by atoms with Crippen molar-refractivity contribution in [1.29, 1.82) is 0 Å². The molecule has 0 radical (unpaired) electrons. The zero-order valence-corrected chi connectivity index (χ0v) is 9.02. The molecule has 0 saturated heterocycles. The lowest BCUT2D eigenvalue weighted by atomic mass is 9.91. The molecule has 0 spiro atoms. The van der Waals surface area contributed by atoms with Crippen LogP contribution in [0, 0.1) is 0 Å². The Hall–Kier alpha value is -0.930. The second-order valence-corrected chi connectivity index (χ2v) is 4.30. The van der Waals surface area contributed by atoms with Crippen LogP contribution in [0.2, 0.25) is 0 Å². The van der Waals surface area contributed by atoms with Crippen LogP contribution in [0.25, 0.3) is 0 Å². The fourth-order valence-electron chi connectivity index (χ4n) is 2.16. The molecular formula is C12H19N3. The van der Waals surface area contributed by atoms with E-state index in [2.05, 4.69) is 16.4 Å². The van der Waals surface area contributed by atoms with Gasteiger partial charge in [0.15, 0.2) is 0 Å². The number of aromatic nitrogens is 1. The van der Waals surface area contributed by atoms with Crippen molar-refractivity contribution >= 4 is 0 Å². The molecular weight excluding hydrogens is 186 g/mol. The van der Waals surface area contributed by atoms with Crippen molar-refractivity contribution in [3.63, 3.8) is 0 Å². The van der Waals surface area contributed by atoms with Crippen molar-refractivity contribution in [2.24, 2.45) is 5.73 Å². The van der Waals surface area contributed by atoms with Crippen LogP contribution in [0.5, 0.6) is 0 Å². The number of pyridine rings is 1. The second kappa shape index (κ2) is 5.24. The molecule has 2 rings (SSSR count). The van der Waals surface area contributed by atoms with Crippen LogP contribution in [0.15, 0.2) is 24.5 Å². The summed E-state index contributed by atoms with van der Waals surface area (Å²) in [5.74, 6) is 0. The average molecular weight is 205 g/mol. The zero-order valence-electron chi connectivity index (χ0n) is 9.02. The highest BCUT2D eigenvalue weighted by atomic mass is 15.0. The Bertz CT molecular complexity index is 286. The number of hydrogen-bond acceptors (Lipinski definition) is 3. The van der Waals surface area contributed by atoms with E-state index in [1.54, 1.807) is 6.20 Å². The minimum Gasteiger partial charge on any atom is -0.326 e. The molecule has 1 saturated carbocycles. The number of hydrogen-bond donors (Lipinski definition) is 2. The highest BCUT2D eigenvalue weighted by molar-refractivity contribution is 5.08. The van der Waals surface area contributed by atoms with Crippen LogP contribution in [-0.4, -0.2) is 17.1 Å². The molecule has 0 bridgehead atoms. The van der Waals surface area contributed by atoms with Crippen LogP contribution in [0.1, 0.15) is 31.2 Å². The smallest absolute Gasteiger partial charge is 0.0312 e. The minimum atomic E-state index is 0.329. The monoisotopic (exact) mass is 205 g/mol. The molecule has 0 amide bonds. The van der Waals surface area contributed by atoms with Crippen molar-refractivity contribution in [2.45, 2.75) is 44.3 Å². The summed E-state index contributed by atoms with van der Waals surface area (Å²) >= 11 is 0. The molecule has 0 aliphatic heterocycles. The molecule has 1 aromatic heterocycles. The summed E-state index contributed by atoms with van der Waals surface area (Å²) < 4.78 is 0. The molecule has 0 unspecified atom stereocenters. The van der Waals surface area contributed by atoms with E-state index in [1.165, 1.54) is 24.8 Å². The Morgan fingerprint density at radius 3 is 3.00 bits per heavy atom. The van der Waals surface area contributed by atoms with E-state index in [1.807, 2.05) is 12.3 Å². The molecule has 3 nitrogen and oxygen atoms in total. The van der Waals surface area contributed by atoms with Crippen molar-refractivity contribution < 1.29 is 0 Å². The Morgan fingerprint density at radius 2 is 2.27 bits per heavy atom. The third-order valence-electron chi connectivity index (χ3n) is 3.11. The third kappa shape index (κ3) is 3.01. The van der Waals surface area contributed by atoms with E-state index >= 15 is 0 Å². The Kier molecular flexibility index (Phi) is 3.69. The van der Waals surface area contributed by atoms with Gasteiger partial charge in [-0.3, -0.25) is 4.98 Å². The molecule has 1 heterocycles. The molecule has 82 valence electrons. The quantitative estimate of drug-likeness (QED) is 0.785. The van der Waals surface area contributed by atoms with Crippen LogP contribution in [0.3, 0.4) is 0 Å². The lowest BCUT2D eigenvalue weighted by molar-refractivity contribution is 0.326. The number of nitrogens with two attached hydrogens (primary N) is 1. The number of nitrogens with zero attached hydrogens (tertiary/aromatic N) is 1. The first kappa shape index (κ1) is 10.6. The molecule has 1 aromatic rings. The van der Waals surface area contributed by atoms with Gasteiger partial charge in [-0.15, -0.1) is 0 Å². The zero-order chi connectivity index (χ0) is 10.5. The van der Waals surface area contributed by atoms with Crippen LogP contribution in [0.4, 0.5) is 0 Å². The van der Waals surface area contributed by atoms with Crippen LogP contribution < -0.4 is 11.1 Å². The van der Waals surface area contributed by atoms with E-state index < -0.39 is 0 Å². The summed E-state index contributed by atoms with van der Waals surface area (Å²) in [4.78, 5) is 4.10. The predicted octanol–water partition coefficient (Wildman–Crippen LogP) is 1.44. The van der Waals surface area contributed by atoms with Gasteiger partial charge in [0, 0.05) is 31.0 Å². The highest BCUT2D eigenvalue weighted by Crippen LogP contribution is 2.17. The molecule has 1 fully saturated rings. The van der Waals surface area contributed by atoms with Crippen molar-refractivity contribution in [3.8, 4) is 0 Å². The first-order valence-corrected chi connectivity index (χ1v) is 5.74. The first-order valence-electron chi connectivity index (χ1n) is 5.74. The predicted molar refractivity (Wildman–Crippen MR) is 61.3 cm³/mol. The topological polar surface area (TPSA) is 50.9 Å². The van der Waals surface area contributed by atoms with E-state index in [0.29, 0.717) is 12.1 Å². The van der Waals surface area contributed by atoms with Gasteiger partial charge in [0.25, 0.3) is 0 Å². The summed E-state index contributed by atoms with van der Waals surface area (Å²) in [6.45, 7) is 0.881. The molecule has 1 aliphatic carbocycles. The second-order valence-electron chi connectivity index (χ2n) is 4.30. The van der Waals surface area contributed by atoms with Gasteiger partial charge in [-0.2, -0.15) is 0 Å². The van der Waals surface area contributed by atoms with Gasteiger partial charge in [0.1, 0.15) is 0 Å². The van der Waals surface area contributed by atoms with Gasteiger partial charge in [-0.25, -0.2) is 0 Å². The number of nitrogens with one attached hydrogen (secondary N) is 1. The van der Waals surface area contributed by atoms with Gasteiger partial charge in [-0.05, 0) is 24.5 Å². The van der Waals surface area contributed by atoms with Crippen molar-refractivity contribution in [2.75, 3.05) is 0 Å². The van der Waals surface area contributed by atoms with Gasteiger partial charge in [0.05, 0.1) is 0 Å². The van der Waals surface area contributed by atoms with Crippen molar-refractivity contribution in [3.05, 3.63) is 30.1 Å². The fourth-order valence-corrected chi connectivity index (χ4v) is 2.16. The van der Waals surface area contributed by atoms with Crippen molar-refractivity contribution in [1.82, 2.24) is 10.3 Å². The van der Waals surface area contributed by atoms with Crippen LogP contribution >= 0.6 is 0 Å². The molecule has 3 heteroatoms.